The molecule has 5 nitrogen and oxygen atoms in total. The van der Waals surface area contributed by atoms with Crippen molar-refractivity contribution in [3.63, 3.8) is 0 Å². The maximum Gasteiger partial charge on any atom is 0.262 e. The lowest BCUT2D eigenvalue weighted by molar-refractivity contribution is -0.117. The molecule has 1 atom stereocenters. The van der Waals surface area contributed by atoms with E-state index in [9.17, 15) is 14.9 Å². The fourth-order valence-electron chi connectivity index (χ4n) is 2.76. The van der Waals surface area contributed by atoms with E-state index < -0.39 is 11.2 Å². The third-order valence-electron chi connectivity index (χ3n) is 4.15. The number of aryl methyl sites for hydroxylation is 1. The number of thioether (sulfide) groups is 1. The van der Waals surface area contributed by atoms with Gasteiger partial charge in [-0.2, -0.15) is 5.26 Å². The SMILES string of the molecule is Cc1ccc(N2C(=O)C(Cc3ccc(Br)cc3)S/C2=C(/C#N)C(N)=O)cc1. The molecule has 1 aliphatic heterocycles. The van der Waals surface area contributed by atoms with E-state index in [1.807, 2.05) is 49.4 Å². The molecule has 0 aliphatic carbocycles. The van der Waals surface area contributed by atoms with Crippen LogP contribution in [-0.4, -0.2) is 17.1 Å². The average molecular weight is 442 g/mol. The van der Waals surface area contributed by atoms with Crippen molar-refractivity contribution in [3.05, 3.63) is 74.7 Å². The number of hydrogen-bond acceptors (Lipinski definition) is 4. The van der Waals surface area contributed by atoms with Crippen LogP contribution in [0.15, 0.2) is 63.6 Å². The van der Waals surface area contributed by atoms with Gasteiger partial charge >= 0.3 is 0 Å². The van der Waals surface area contributed by atoms with E-state index >= 15 is 0 Å². The summed E-state index contributed by atoms with van der Waals surface area (Å²) < 4.78 is 0.957. The number of halogens is 1. The zero-order chi connectivity index (χ0) is 19.6. The van der Waals surface area contributed by atoms with Crippen molar-refractivity contribution in [1.29, 1.82) is 5.26 Å². The van der Waals surface area contributed by atoms with Gasteiger partial charge in [0.15, 0.2) is 0 Å². The van der Waals surface area contributed by atoms with Crippen LogP contribution in [0.2, 0.25) is 0 Å². The van der Waals surface area contributed by atoms with E-state index in [0.717, 1.165) is 15.6 Å². The summed E-state index contributed by atoms with van der Waals surface area (Å²) in [5.74, 6) is -1.01. The van der Waals surface area contributed by atoms with Crippen LogP contribution in [0.4, 0.5) is 5.69 Å². The van der Waals surface area contributed by atoms with E-state index in [1.165, 1.54) is 16.7 Å². The first-order valence-electron chi connectivity index (χ1n) is 8.16. The molecule has 0 spiro atoms. The molecule has 1 heterocycles. The minimum Gasteiger partial charge on any atom is -0.365 e. The summed E-state index contributed by atoms with van der Waals surface area (Å²) in [7, 11) is 0. The molecular formula is C20H16BrN3O2S. The van der Waals surface area contributed by atoms with E-state index in [0.29, 0.717) is 17.1 Å². The van der Waals surface area contributed by atoms with Crippen molar-refractivity contribution >= 4 is 45.2 Å². The lowest BCUT2D eigenvalue weighted by atomic mass is 10.1. The fourth-order valence-corrected chi connectivity index (χ4v) is 4.34. The monoisotopic (exact) mass is 441 g/mol. The Morgan fingerprint density at radius 3 is 2.41 bits per heavy atom. The van der Waals surface area contributed by atoms with Crippen LogP contribution in [-0.2, 0) is 16.0 Å². The maximum atomic E-state index is 13.1. The molecule has 27 heavy (non-hydrogen) atoms. The summed E-state index contributed by atoms with van der Waals surface area (Å²) in [6.45, 7) is 1.95. The number of hydrogen-bond donors (Lipinski definition) is 1. The summed E-state index contributed by atoms with van der Waals surface area (Å²) in [5.41, 5.74) is 7.82. The normalized spacial score (nSPS) is 18.3. The minimum atomic E-state index is -0.839. The van der Waals surface area contributed by atoms with Crippen molar-refractivity contribution in [1.82, 2.24) is 0 Å². The lowest BCUT2D eigenvalue weighted by Gasteiger charge is -2.18. The number of nitriles is 1. The topological polar surface area (TPSA) is 87.2 Å². The Morgan fingerprint density at radius 2 is 1.85 bits per heavy atom. The molecule has 0 saturated carbocycles. The Balaban J connectivity index is 2.01. The predicted molar refractivity (Wildman–Crippen MR) is 110 cm³/mol. The molecule has 2 N–H and O–H groups in total. The van der Waals surface area contributed by atoms with E-state index in [-0.39, 0.29) is 11.5 Å². The number of carbonyl (C=O) groups is 2. The van der Waals surface area contributed by atoms with Crippen molar-refractivity contribution in [2.45, 2.75) is 18.6 Å². The molecule has 136 valence electrons. The molecule has 1 aliphatic rings. The highest BCUT2D eigenvalue weighted by Crippen LogP contribution is 2.41. The van der Waals surface area contributed by atoms with E-state index in [4.69, 9.17) is 5.73 Å². The van der Waals surface area contributed by atoms with Crippen LogP contribution in [0, 0.1) is 18.3 Å². The average Bonchev–Trinajstić information content (AvgIpc) is 2.94. The maximum absolute atomic E-state index is 13.1. The van der Waals surface area contributed by atoms with Gasteiger partial charge in [0, 0.05) is 10.2 Å². The lowest BCUT2D eigenvalue weighted by Crippen LogP contribution is -2.31. The van der Waals surface area contributed by atoms with Gasteiger partial charge < -0.3 is 5.73 Å². The van der Waals surface area contributed by atoms with Crippen LogP contribution >= 0.6 is 27.7 Å². The second-order valence-electron chi connectivity index (χ2n) is 6.10. The zero-order valence-corrected chi connectivity index (χ0v) is 16.9. The Hall–Kier alpha value is -2.56. The summed E-state index contributed by atoms with van der Waals surface area (Å²) in [4.78, 5) is 26.3. The van der Waals surface area contributed by atoms with Gasteiger partial charge in [-0.15, -0.1) is 0 Å². The van der Waals surface area contributed by atoms with Crippen molar-refractivity contribution in [2.75, 3.05) is 4.90 Å². The van der Waals surface area contributed by atoms with Gasteiger partial charge in [0.2, 0.25) is 5.91 Å². The molecule has 2 aromatic carbocycles. The molecule has 0 aromatic heterocycles. The second-order valence-corrected chi connectivity index (χ2v) is 8.21. The minimum absolute atomic E-state index is 0.171. The van der Waals surface area contributed by atoms with Crippen LogP contribution in [0.1, 0.15) is 11.1 Å². The quantitative estimate of drug-likeness (QED) is 0.578. The molecular weight excluding hydrogens is 426 g/mol. The number of benzene rings is 2. The summed E-state index contributed by atoms with van der Waals surface area (Å²) in [6.07, 6.45) is 0.486. The molecule has 1 fully saturated rings. The third kappa shape index (κ3) is 4.07. The molecule has 1 saturated heterocycles. The molecule has 3 rings (SSSR count). The van der Waals surface area contributed by atoms with Gasteiger partial charge in [-0.3, -0.25) is 14.5 Å². The van der Waals surface area contributed by atoms with Crippen molar-refractivity contribution in [3.8, 4) is 6.07 Å². The number of anilines is 1. The third-order valence-corrected chi connectivity index (χ3v) is 5.94. The van der Waals surface area contributed by atoms with Gasteiger partial charge in [-0.25, -0.2) is 0 Å². The Kier molecular flexibility index (Phi) is 5.68. The summed E-state index contributed by atoms with van der Waals surface area (Å²) in [6, 6.07) is 16.9. The molecule has 2 aromatic rings. The highest BCUT2D eigenvalue weighted by atomic mass is 79.9. The Morgan fingerprint density at radius 1 is 1.22 bits per heavy atom. The van der Waals surface area contributed by atoms with Gasteiger partial charge in [0.1, 0.15) is 16.7 Å². The predicted octanol–water partition coefficient (Wildman–Crippen LogP) is 3.67. The Labute approximate surface area is 170 Å². The summed E-state index contributed by atoms with van der Waals surface area (Å²) in [5, 5.41) is 9.25. The second kappa shape index (κ2) is 7.99. The molecule has 1 unspecified atom stereocenters. The molecule has 7 heteroatoms. The van der Waals surface area contributed by atoms with Gasteiger partial charge in [0.25, 0.3) is 5.91 Å². The number of amides is 2. The molecule has 2 amide bonds. The largest absolute Gasteiger partial charge is 0.365 e. The number of primary amides is 1. The summed E-state index contributed by atoms with van der Waals surface area (Å²) >= 11 is 4.60. The smallest absolute Gasteiger partial charge is 0.262 e. The van der Waals surface area contributed by atoms with Crippen molar-refractivity contribution in [2.24, 2.45) is 5.73 Å². The Bertz CT molecular complexity index is 962. The first-order valence-corrected chi connectivity index (χ1v) is 9.84. The first kappa shape index (κ1) is 19.2. The van der Waals surface area contributed by atoms with Gasteiger partial charge in [-0.1, -0.05) is 57.5 Å². The first-order chi connectivity index (χ1) is 12.9. The standard InChI is InChI=1S/C20H16BrN3O2S/c1-12-2-8-15(9-3-12)24-19(26)17(10-13-4-6-14(21)7-5-13)27-20(24)16(11-22)18(23)25/h2-9,17H,10H2,1H3,(H2,23,25)/b20-16-. The van der Waals surface area contributed by atoms with Crippen LogP contribution in [0.25, 0.3) is 0 Å². The number of rotatable bonds is 4. The van der Waals surface area contributed by atoms with Crippen molar-refractivity contribution < 1.29 is 9.59 Å². The van der Waals surface area contributed by atoms with Gasteiger partial charge in [0.05, 0.1) is 5.25 Å². The van der Waals surface area contributed by atoms with E-state index in [2.05, 4.69) is 15.9 Å². The van der Waals surface area contributed by atoms with E-state index in [1.54, 1.807) is 12.1 Å². The number of carbonyl (C=O) groups excluding carboxylic acids is 2. The highest BCUT2D eigenvalue weighted by Gasteiger charge is 2.40. The number of nitrogens with zero attached hydrogens (tertiary/aromatic N) is 2. The molecule has 0 radical (unpaired) electrons. The van der Waals surface area contributed by atoms with Crippen LogP contribution in [0.5, 0.6) is 0 Å². The zero-order valence-electron chi connectivity index (χ0n) is 14.5. The molecule has 0 bridgehead atoms. The van der Waals surface area contributed by atoms with Crippen LogP contribution < -0.4 is 10.6 Å². The number of nitrogens with two attached hydrogens (primary N) is 1. The van der Waals surface area contributed by atoms with Crippen LogP contribution in [0.3, 0.4) is 0 Å². The highest BCUT2D eigenvalue weighted by molar-refractivity contribution is 9.10. The fraction of sp³-hybridized carbons (Fsp3) is 0.150. The van der Waals surface area contributed by atoms with Gasteiger partial charge in [-0.05, 0) is 43.2 Å².